The monoisotopic (exact) mass is 438 g/mol. The van der Waals surface area contributed by atoms with Gasteiger partial charge in [0, 0.05) is 48.5 Å². The van der Waals surface area contributed by atoms with Gasteiger partial charge in [0.1, 0.15) is 12.3 Å². The molecule has 0 unspecified atom stereocenters. The van der Waals surface area contributed by atoms with Crippen molar-refractivity contribution in [2.75, 3.05) is 38.2 Å². The molecule has 1 aliphatic heterocycles. The molecule has 1 amide bonds. The molecule has 0 bridgehead atoms. The number of nitrogens with zero attached hydrogens (tertiary/aromatic N) is 4. The van der Waals surface area contributed by atoms with Crippen LogP contribution in [-0.2, 0) is 11.3 Å². The van der Waals surface area contributed by atoms with Crippen molar-refractivity contribution in [3.63, 3.8) is 0 Å². The van der Waals surface area contributed by atoms with Crippen LogP contribution in [0.15, 0.2) is 65.5 Å². The molecule has 160 valence electrons. The molecule has 0 saturated carbocycles. The predicted molar refractivity (Wildman–Crippen MR) is 121 cm³/mol. The number of anilines is 1. The van der Waals surface area contributed by atoms with Gasteiger partial charge in [0.25, 0.3) is 5.56 Å². The molecular weight excluding hydrogens is 416 g/mol. The summed E-state index contributed by atoms with van der Waals surface area (Å²) in [6.07, 6.45) is 0. The minimum atomic E-state index is -0.315. The third kappa shape index (κ3) is 4.72. The van der Waals surface area contributed by atoms with E-state index in [9.17, 15) is 9.59 Å². The van der Waals surface area contributed by atoms with Crippen LogP contribution in [0.25, 0.3) is 11.3 Å². The Bertz CT molecular complexity index is 1140. The Hall–Kier alpha value is -3.32. The zero-order valence-corrected chi connectivity index (χ0v) is 18.0. The Morgan fingerprint density at radius 2 is 1.81 bits per heavy atom. The molecule has 7 nitrogen and oxygen atoms in total. The number of carbonyl (C=O) groups excluding carboxylic acids is 1. The summed E-state index contributed by atoms with van der Waals surface area (Å²) < 4.78 is 6.60. The van der Waals surface area contributed by atoms with Gasteiger partial charge in [-0.25, -0.2) is 4.68 Å². The quantitative estimate of drug-likeness (QED) is 0.612. The van der Waals surface area contributed by atoms with Crippen LogP contribution in [0.3, 0.4) is 0 Å². The van der Waals surface area contributed by atoms with Crippen molar-refractivity contribution in [2.24, 2.45) is 0 Å². The van der Waals surface area contributed by atoms with Gasteiger partial charge in [-0.15, -0.1) is 0 Å². The molecule has 1 fully saturated rings. The fraction of sp³-hybridized carbons (Fsp3) is 0.261. The van der Waals surface area contributed by atoms with Crippen molar-refractivity contribution in [3.05, 3.63) is 76.0 Å². The Labute approximate surface area is 185 Å². The first-order valence-electron chi connectivity index (χ1n) is 10.0. The van der Waals surface area contributed by atoms with Crippen molar-refractivity contribution in [3.8, 4) is 17.0 Å². The molecular formula is C23H23ClN4O3. The summed E-state index contributed by atoms with van der Waals surface area (Å²) in [5.41, 5.74) is 2.07. The summed E-state index contributed by atoms with van der Waals surface area (Å²) in [7, 11) is 1.58. The van der Waals surface area contributed by atoms with Crippen LogP contribution < -0.4 is 15.2 Å². The van der Waals surface area contributed by atoms with Crippen molar-refractivity contribution in [1.82, 2.24) is 14.7 Å². The second kappa shape index (κ2) is 9.22. The van der Waals surface area contributed by atoms with Gasteiger partial charge in [-0.1, -0.05) is 29.8 Å². The molecule has 0 aliphatic carbocycles. The predicted octanol–water partition coefficient (Wildman–Crippen LogP) is 2.92. The van der Waals surface area contributed by atoms with Gasteiger partial charge in [0.2, 0.25) is 5.91 Å². The number of carbonyl (C=O) groups is 1. The first-order chi connectivity index (χ1) is 15.0. The maximum Gasteiger partial charge on any atom is 0.267 e. The number of ether oxygens (including phenoxy) is 1. The van der Waals surface area contributed by atoms with E-state index in [4.69, 9.17) is 16.3 Å². The fourth-order valence-electron chi connectivity index (χ4n) is 3.68. The second-order valence-electron chi connectivity index (χ2n) is 7.26. The highest BCUT2D eigenvalue weighted by molar-refractivity contribution is 6.30. The lowest BCUT2D eigenvalue weighted by atomic mass is 10.1. The van der Waals surface area contributed by atoms with Crippen LogP contribution in [-0.4, -0.2) is 53.9 Å². The molecule has 3 aromatic rings. The van der Waals surface area contributed by atoms with E-state index in [1.807, 2.05) is 48.5 Å². The molecule has 0 spiro atoms. The van der Waals surface area contributed by atoms with E-state index in [1.165, 1.54) is 10.7 Å². The Balaban J connectivity index is 1.45. The highest BCUT2D eigenvalue weighted by Gasteiger charge is 2.22. The molecule has 4 rings (SSSR count). The summed E-state index contributed by atoms with van der Waals surface area (Å²) in [5, 5.41) is 5.10. The number of para-hydroxylation sites is 1. The van der Waals surface area contributed by atoms with Gasteiger partial charge < -0.3 is 14.5 Å². The molecule has 0 atom stereocenters. The van der Waals surface area contributed by atoms with E-state index in [-0.39, 0.29) is 18.0 Å². The zero-order chi connectivity index (χ0) is 21.8. The van der Waals surface area contributed by atoms with Crippen LogP contribution >= 0.6 is 11.6 Å². The van der Waals surface area contributed by atoms with Crippen molar-refractivity contribution < 1.29 is 9.53 Å². The van der Waals surface area contributed by atoms with Crippen LogP contribution in [0.4, 0.5) is 5.69 Å². The number of aromatic nitrogens is 2. The summed E-state index contributed by atoms with van der Waals surface area (Å²) >= 11 is 6.09. The number of methoxy groups -OCH3 is 1. The Morgan fingerprint density at radius 1 is 1.03 bits per heavy atom. The maximum atomic E-state index is 12.8. The molecule has 0 radical (unpaired) electrons. The minimum absolute atomic E-state index is 0.0982. The molecule has 31 heavy (non-hydrogen) atoms. The van der Waals surface area contributed by atoms with Gasteiger partial charge >= 0.3 is 0 Å². The second-order valence-corrected chi connectivity index (χ2v) is 7.70. The van der Waals surface area contributed by atoms with Crippen molar-refractivity contribution in [2.45, 2.75) is 6.54 Å². The van der Waals surface area contributed by atoms with Gasteiger partial charge in [-0.3, -0.25) is 9.59 Å². The first kappa shape index (κ1) is 20.9. The largest absolute Gasteiger partial charge is 0.496 e. The molecule has 1 aliphatic rings. The number of rotatable bonds is 5. The Morgan fingerprint density at radius 3 is 2.55 bits per heavy atom. The highest BCUT2D eigenvalue weighted by atomic mass is 35.5. The topological polar surface area (TPSA) is 67.7 Å². The fourth-order valence-corrected chi connectivity index (χ4v) is 3.86. The number of hydrogen-bond acceptors (Lipinski definition) is 5. The van der Waals surface area contributed by atoms with E-state index >= 15 is 0 Å². The summed E-state index contributed by atoms with van der Waals surface area (Å²) in [6.45, 7) is 2.46. The third-order valence-corrected chi connectivity index (χ3v) is 5.58. The molecule has 2 heterocycles. The highest BCUT2D eigenvalue weighted by Crippen LogP contribution is 2.27. The average molecular weight is 439 g/mol. The average Bonchev–Trinajstić information content (AvgIpc) is 2.80. The van der Waals surface area contributed by atoms with Crippen LogP contribution in [0.1, 0.15) is 0 Å². The van der Waals surface area contributed by atoms with E-state index < -0.39 is 0 Å². The lowest BCUT2D eigenvalue weighted by molar-refractivity contribution is -0.132. The van der Waals surface area contributed by atoms with Crippen molar-refractivity contribution >= 4 is 23.2 Å². The molecule has 2 aromatic carbocycles. The lowest BCUT2D eigenvalue weighted by Gasteiger charge is -2.36. The van der Waals surface area contributed by atoms with Crippen LogP contribution in [0, 0.1) is 0 Å². The molecule has 0 N–H and O–H groups in total. The summed E-state index contributed by atoms with van der Waals surface area (Å²) in [5.74, 6) is 0.529. The van der Waals surface area contributed by atoms with Gasteiger partial charge in [-0.05, 0) is 36.4 Å². The molecule has 8 heteroatoms. The Kier molecular flexibility index (Phi) is 6.23. The smallest absolute Gasteiger partial charge is 0.267 e. The third-order valence-electron chi connectivity index (χ3n) is 5.34. The maximum absolute atomic E-state index is 12.8. The van der Waals surface area contributed by atoms with Crippen LogP contribution in [0.5, 0.6) is 5.75 Å². The van der Waals surface area contributed by atoms with E-state index in [1.54, 1.807) is 18.1 Å². The first-order valence-corrected chi connectivity index (χ1v) is 10.4. The molecule has 1 saturated heterocycles. The number of benzene rings is 2. The minimum Gasteiger partial charge on any atom is -0.496 e. The lowest BCUT2D eigenvalue weighted by Crippen LogP contribution is -2.50. The number of hydrogen-bond donors (Lipinski definition) is 0. The zero-order valence-electron chi connectivity index (χ0n) is 17.2. The van der Waals surface area contributed by atoms with Gasteiger partial charge in [0.05, 0.1) is 12.8 Å². The van der Waals surface area contributed by atoms with Gasteiger partial charge in [0.15, 0.2) is 0 Å². The number of halogens is 1. The number of amides is 1. The SMILES string of the molecule is COc1ccccc1-c1ccc(=O)n(CC(=O)N2CCN(c3cccc(Cl)c3)CC2)n1. The summed E-state index contributed by atoms with van der Waals surface area (Å²) in [4.78, 5) is 29.1. The van der Waals surface area contributed by atoms with E-state index in [0.29, 0.717) is 42.6 Å². The van der Waals surface area contributed by atoms with E-state index in [2.05, 4.69) is 10.00 Å². The van der Waals surface area contributed by atoms with Crippen molar-refractivity contribution in [1.29, 1.82) is 0 Å². The van der Waals surface area contributed by atoms with Crippen LogP contribution in [0.2, 0.25) is 5.02 Å². The number of piperazine rings is 1. The van der Waals surface area contributed by atoms with Gasteiger partial charge in [-0.2, -0.15) is 5.10 Å². The van der Waals surface area contributed by atoms with E-state index in [0.717, 1.165) is 11.3 Å². The summed E-state index contributed by atoms with van der Waals surface area (Å²) in [6, 6.07) is 18.2. The normalized spacial score (nSPS) is 13.9. The standard InChI is InChI=1S/C23H23ClN4O3/c1-31-21-8-3-2-7-19(21)20-9-10-22(29)28(25-20)16-23(30)27-13-11-26(12-14-27)18-6-4-5-17(24)15-18/h2-10,15H,11-14,16H2,1H3. The molecule has 1 aromatic heterocycles.